The quantitative estimate of drug-likeness (QED) is 0.866. The van der Waals surface area contributed by atoms with Gasteiger partial charge in [0.2, 0.25) is 5.91 Å². The summed E-state index contributed by atoms with van der Waals surface area (Å²) < 4.78 is 0. The van der Waals surface area contributed by atoms with Crippen LogP contribution in [0.3, 0.4) is 0 Å². The maximum atomic E-state index is 12.5. The number of carbonyl (C=O) groups is 1. The molecule has 0 heterocycles. The molecule has 2 heteroatoms. The summed E-state index contributed by atoms with van der Waals surface area (Å²) in [7, 11) is 0. The molecule has 2 rings (SSSR count). The number of benzene rings is 1. The van der Waals surface area contributed by atoms with E-state index in [-0.39, 0.29) is 17.4 Å². The van der Waals surface area contributed by atoms with Crippen LogP contribution < -0.4 is 5.32 Å². The van der Waals surface area contributed by atoms with Gasteiger partial charge < -0.3 is 5.32 Å². The van der Waals surface area contributed by atoms with Crippen LogP contribution in [-0.2, 0) is 10.2 Å². The van der Waals surface area contributed by atoms with Crippen molar-refractivity contribution in [1.29, 1.82) is 0 Å². The van der Waals surface area contributed by atoms with Gasteiger partial charge in [0.15, 0.2) is 0 Å². The number of amides is 1. The Morgan fingerprint density at radius 1 is 1.44 bits per heavy atom. The fourth-order valence-electron chi connectivity index (χ4n) is 2.58. The summed E-state index contributed by atoms with van der Waals surface area (Å²) in [5, 5.41) is 3.15. The topological polar surface area (TPSA) is 29.1 Å². The third-order valence-corrected chi connectivity index (χ3v) is 4.20. The van der Waals surface area contributed by atoms with Gasteiger partial charge in [-0.1, -0.05) is 43.2 Å². The second-order valence-electron chi connectivity index (χ2n) is 5.59. The van der Waals surface area contributed by atoms with Gasteiger partial charge in [0.25, 0.3) is 0 Å². The molecule has 1 aromatic carbocycles. The molecule has 1 aliphatic rings. The van der Waals surface area contributed by atoms with Crippen LogP contribution in [0.2, 0.25) is 0 Å². The molecule has 1 atom stereocenters. The fourth-order valence-corrected chi connectivity index (χ4v) is 2.58. The van der Waals surface area contributed by atoms with Gasteiger partial charge in [0, 0.05) is 6.04 Å². The second-order valence-corrected chi connectivity index (χ2v) is 5.59. The lowest BCUT2D eigenvalue weighted by Crippen LogP contribution is -2.51. The van der Waals surface area contributed by atoms with E-state index in [2.05, 4.69) is 50.4 Å². The zero-order valence-electron chi connectivity index (χ0n) is 11.6. The summed E-state index contributed by atoms with van der Waals surface area (Å²) >= 11 is 0. The first-order valence-electron chi connectivity index (χ1n) is 6.96. The highest BCUT2D eigenvalue weighted by molar-refractivity contribution is 5.89. The van der Waals surface area contributed by atoms with E-state index in [0.29, 0.717) is 0 Å². The van der Waals surface area contributed by atoms with Gasteiger partial charge in [-0.3, -0.25) is 4.79 Å². The van der Waals surface area contributed by atoms with Crippen LogP contribution in [0.4, 0.5) is 0 Å². The van der Waals surface area contributed by atoms with Crippen LogP contribution in [0.1, 0.15) is 50.7 Å². The zero-order chi connectivity index (χ0) is 13.2. The van der Waals surface area contributed by atoms with E-state index in [1.807, 2.05) is 0 Å². The highest BCUT2D eigenvalue weighted by atomic mass is 16.2. The van der Waals surface area contributed by atoms with Crippen molar-refractivity contribution in [3.8, 4) is 0 Å². The average molecular weight is 245 g/mol. The Bertz CT molecular complexity index is 434. The van der Waals surface area contributed by atoms with Crippen LogP contribution in [0, 0.1) is 6.92 Å². The second kappa shape index (κ2) is 5.13. The lowest BCUT2D eigenvalue weighted by Gasteiger charge is -2.41. The third-order valence-electron chi connectivity index (χ3n) is 4.20. The van der Waals surface area contributed by atoms with Crippen LogP contribution in [0.5, 0.6) is 0 Å². The maximum absolute atomic E-state index is 12.5. The highest BCUT2D eigenvalue weighted by Crippen LogP contribution is 2.44. The highest BCUT2D eigenvalue weighted by Gasteiger charge is 2.45. The molecule has 1 amide bonds. The lowest BCUT2D eigenvalue weighted by molar-refractivity contribution is -0.130. The van der Waals surface area contributed by atoms with E-state index < -0.39 is 0 Å². The minimum absolute atomic E-state index is 0.216. The molecule has 0 saturated heterocycles. The van der Waals surface area contributed by atoms with E-state index in [0.717, 1.165) is 25.7 Å². The number of hydrogen-bond acceptors (Lipinski definition) is 1. The molecule has 0 aliphatic heterocycles. The van der Waals surface area contributed by atoms with Gasteiger partial charge in [0.1, 0.15) is 0 Å². The van der Waals surface area contributed by atoms with Crippen molar-refractivity contribution >= 4 is 5.91 Å². The molecule has 0 aromatic heterocycles. The normalized spacial score (nSPS) is 18.8. The smallest absolute Gasteiger partial charge is 0.230 e. The first-order valence-corrected chi connectivity index (χ1v) is 6.96. The van der Waals surface area contributed by atoms with Crippen molar-refractivity contribution < 1.29 is 4.79 Å². The molecule has 1 fully saturated rings. The summed E-state index contributed by atoms with van der Waals surface area (Å²) in [6.45, 7) is 6.26. The number of nitrogens with one attached hydrogen (secondary N) is 1. The Morgan fingerprint density at radius 2 is 2.17 bits per heavy atom. The molecule has 0 bridgehead atoms. The molecule has 2 nitrogen and oxygen atoms in total. The number of hydrogen-bond donors (Lipinski definition) is 1. The molecule has 18 heavy (non-hydrogen) atoms. The van der Waals surface area contributed by atoms with Gasteiger partial charge in [0.05, 0.1) is 5.41 Å². The Labute approximate surface area is 110 Å². The van der Waals surface area contributed by atoms with E-state index in [1.165, 1.54) is 11.1 Å². The van der Waals surface area contributed by atoms with Crippen molar-refractivity contribution in [3.05, 3.63) is 35.4 Å². The SMILES string of the molecule is CCC(C)NC(=O)C1(c2cccc(C)c2)CCC1. The van der Waals surface area contributed by atoms with Crippen molar-refractivity contribution in [3.63, 3.8) is 0 Å². The Hall–Kier alpha value is -1.31. The van der Waals surface area contributed by atoms with E-state index in [1.54, 1.807) is 0 Å². The predicted octanol–water partition coefficient (Wildman–Crippen LogP) is 3.33. The summed E-state index contributed by atoms with van der Waals surface area (Å²) in [6, 6.07) is 8.67. The molecule has 1 aliphatic carbocycles. The van der Waals surface area contributed by atoms with Crippen molar-refractivity contribution in [2.45, 2.75) is 57.9 Å². The van der Waals surface area contributed by atoms with Gasteiger partial charge in [-0.2, -0.15) is 0 Å². The molecule has 0 spiro atoms. The average Bonchev–Trinajstić information content (AvgIpc) is 2.27. The molecule has 1 aromatic rings. The standard InChI is InChI=1S/C16H23NO/c1-4-13(3)17-15(18)16(9-6-10-16)14-8-5-7-12(2)11-14/h5,7-8,11,13H,4,6,9-10H2,1-3H3,(H,17,18). The monoisotopic (exact) mass is 245 g/mol. The fraction of sp³-hybridized carbons (Fsp3) is 0.562. The minimum atomic E-state index is -0.255. The molecule has 1 N–H and O–H groups in total. The number of rotatable bonds is 4. The van der Waals surface area contributed by atoms with Gasteiger partial charge in [-0.15, -0.1) is 0 Å². The molecule has 0 radical (unpaired) electrons. The Balaban J connectivity index is 2.23. The molecule has 98 valence electrons. The summed E-state index contributed by atoms with van der Waals surface area (Å²) in [5.74, 6) is 0.216. The zero-order valence-corrected chi connectivity index (χ0v) is 11.6. The minimum Gasteiger partial charge on any atom is -0.353 e. The lowest BCUT2D eigenvalue weighted by atomic mass is 9.63. The predicted molar refractivity (Wildman–Crippen MR) is 74.6 cm³/mol. The molecular weight excluding hydrogens is 222 g/mol. The maximum Gasteiger partial charge on any atom is 0.230 e. The Kier molecular flexibility index (Phi) is 3.74. The van der Waals surface area contributed by atoms with Gasteiger partial charge >= 0.3 is 0 Å². The molecular formula is C16H23NO. The van der Waals surface area contributed by atoms with Crippen LogP contribution >= 0.6 is 0 Å². The summed E-state index contributed by atoms with van der Waals surface area (Å²) in [5.41, 5.74) is 2.17. The van der Waals surface area contributed by atoms with Crippen LogP contribution in [0.25, 0.3) is 0 Å². The summed E-state index contributed by atoms with van der Waals surface area (Å²) in [4.78, 5) is 12.5. The van der Waals surface area contributed by atoms with Crippen molar-refractivity contribution in [2.24, 2.45) is 0 Å². The van der Waals surface area contributed by atoms with Crippen LogP contribution in [-0.4, -0.2) is 11.9 Å². The van der Waals surface area contributed by atoms with Crippen LogP contribution in [0.15, 0.2) is 24.3 Å². The van der Waals surface area contributed by atoms with E-state index in [9.17, 15) is 4.79 Å². The summed E-state index contributed by atoms with van der Waals surface area (Å²) in [6.07, 6.45) is 4.11. The van der Waals surface area contributed by atoms with E-state index >= 15 is 0 Å². The molecule has 1 unspecified atom stereocenters. The molecule has 1 saturated carbocycles. The van der Waals surface area contributed by atoms with Crippen molar-refractivity contribution in [1.82, 2.24) is 5.32 Å². The largest absolute Gasteiger partial charge is 0.353 e. The first-order chi connectivity index (χ1) is 8.58. The van der Waals surface area contributed by atoms with Gasteiger partial charge in [-0.25, -0.2) is 0 Å². The number of carbonyl (C=O) groups excluding carboxylic acids is 1. The van der Waals surface area contributed by atoms with Crippen molar-refractivity contribution in [2.75, 3.05) is 0 Å². The van der Waals surface area contributed by atoms with E-state index in [4.69, 9.17) is 0 Å². The third kappa shape index (κ3) is 2.29. The Morgan fingerprint density at radius 3 is 2.67 bits per heavy atom. The van der Waals surface area contributed by atoms with Gasteiger partial charge in [-0.05, 0) is 38.7 Å². The number of aryl methyl sites for hydroxylation is 1. The first kappa shape index (κ1) is 13.1.